The van der Waals surface area contributed by atoms with Gasteiger partial charge in [-0.1, -0.05) is 12.1 Å². The van der Waals surface area contributed by atoms with Crippen molar-refractivity contribution in [3.05, 3.63) is 11.9 Å². The molecule has 0 spiro atoms. The van der Waals surface area contributed by atoms with Gasteiger partial charge in [0.2, 0.25) is 0 Å². The fraction of sp³-hybridized carbons (Fsp3) is 0.692. The van der Waals surface area contributed by atoms with E-state index < -0.39 is 5.97 Å². The van der Waals surface area contributed by atoms with Crippen molar-refractivity contribution in [3.63, 3.8) is 0 Å². The summed E-state index contributed by atoms with van der Waals surface area (Å²) >= 11 is 0. The van der Waals surface area contributed by atoms with Gasteiger partial charge in [0.1, 0.15) is 0 Å². The van der Waals surface area contributed by atoms with E-state index in [2.05, 4.69) is 31.9 Å². The summed E-state index contributed by atoms with van der Waals surface area (Å²) in [5.41, 5.74) is 6.18. The highest BCUT2D eigenvalue weighted by atomic mass is 127. The predicted molar refractivity (Wildman–Crippen MR) is 93.2 cm³/mol. The number of hydrogen-bond acceptors (Lipinski definition) is 5. The van der Waals surface area contributed by atoms with Gasteiger partial charge in [0.05, 0.1) is 26.4 Å². The van der Waals surface area contributed by atoms with Crippen molar-refractivity contribution < 1.29 is 9.53 Å². The zero-order valence-corrected chi connectivity index (χ0v) is 15.3. The second-order valence-electron chi connectivity index (χ2n) is 5.27. The van der Waals surface area contributed by atoms with Crippen LogP contribution >= 0.6 is 24.0 Å². The number of carbonyl (C=O) groups is 1. The number of carbonyl (C=O) groups excluding carboxylic acids is 1. The van der Waals surface area contributed by atoms with Crippen LogP contribution in [0.15, 0.2) is 11.2 Å². The molecule has 0 amide bonds. The third-order valence-corrected chi connectivity index (χ3v) is 3.64. The van der Waals surface area contributed by atoms with Crippen molar-refractivity contribution in [2.24, 2.45) is 16.6 Å². The summed E-state index contributed by atoms with van der Waals surface area (Å²) in [5, 5.41) is 7.58. The molecule has 124 valence electrons. The third-order valence-electron chi connectivity index (χ3n) is 3.64. The van der Waals surface area contributed by atoms with Crippen LogP contribution in [0.2, 0.25) is 0 Å². The second kappa shape index (κ2) is 8.91. The molecule has 0 radical (unpaired) electrons. The van der Waals surface area contributed by atoms with Gasteiger partial charge in [0.25, 0.3) is 0 Å². The molecule has 1 fully saturated rings. The van der Waals surface area contributed by atoms with Gasteiger partial charge in [-0.05, 0) is 18.8 Å². The molecule has 1 aromatic rings. The molecule has 1 aliphatic heterocycles. The molecule has 0 aliphatic carbocycles. The highest BCUT2D eigenvalue weighted by Crippen LogP contribution is 2.15. The molecule has 0 bridgehead atoms. The number of esters is 1. The van der Waals surface area contributed by atoms with Crippen LogP contribution in [0.3, 0.4) is 0 Å². The van der Waals surface area contributed by atoms with Crippen LogP contribution in [0.4, 0.5) is 0 Å². The van der Waals surface area contributed by atoms with Gasteiger partial charge in [-0.3, -0.25) is 4.99 Å². The minimum atomic E-state index is -0.494. The maximum atomic E-state index is 11.2. The van der Waals surface area contributed by atoms with E-state index in [-0.39, 0.29) is 29.7 Å². The van der Waals surface area contributed by atoms with Gasteiger partial charge in [-0.2, -0.15) is 0 Å². The number of methoxy groups -OCH3 is 1. The van der Waals surface area contributed by atoms with Crippen molar-refractivity contribution in [3.8, 4) is 0 Å². The molecule has 8 nitrogen and oxygen atoms in total. The van der Waals surface area contributed by atoms with E-state index in [1.54, 1.807) is 10.9 Å². The number of aromatic nitrogens is 3. The van der Waals surface area contributed by atoms with Crippen LogP contribution in [-0.4, -0.2) is 58.6 Å². The Morgan fingerprint density at radius 2 is 2.18 bits per heavy atom. The second-order valence-corrected chi connectivity index (χ2v) is 5.27. The number of ether oxygens (including phenoxy) is 1. The topological polar surface area (TPSA) is 98.6 Å². The molecule has 1 saturated heterocycles. The summed E-state index contributed by atoms with van der Waals surface area (Å²) in [5.74, 6) is 0.850. The van der Waals surface area contributed by atoms with Crippen LogP contribution in [0.1, 0.15) is 30.3 Å². The first kappa shape index (κ1) is 18.7. The van der Waals surface area contributed by atoms with Gasteiger partial charge in [-0.25, -0.2) is 9.48 Å². The Morgan fingerprint density at radius 3 is 2.82 bits per heavy atom. The van der Waals surface area contributed by atoms with Gasteiger partial charge in [0.15, 0.2) is 11.7 Å². The smallest absolute Gasteiger partial charge is 0.360 e. The van der Waals surface area contributed by atoms with E-state index in [0.717, 1.165) is 31.8 Å². The van der Waals surface area contributed by atoms with Gasteiger partial charge in [0, 0.05) is 13.1 Å². The Labute approximate surface area is 147 Å². The predicted octanol–water partition coefficient (Wildman–Crippen LogP) is 0.729. The Balaban J connectivity index is 0.00000242. The fourth-order valence-electron chi connectivity index (χ4n) is 2.21. The van der Waals surface area contributed by atoms with Crippen molar-refractivity contribution >= 4 is 35.9 Å². The monoisotopic (exact) mass is 422 g/mol. The highest BCUT2D eigenvalue weighted by Gasteiger charge is 2.16. The number of piperidine rings is 1. The maximum Gasteiger partial charge on any atom is 0.360 e. The lowest BCUT2D eigenvalue weighted by Crippen LogP contribution is -2.42. The SMILES string of the molecule is COC(=O)c1cn(CCN=C(N)N2CCC(C)CC2)nn1.I. The average Bonchev–Trinajstić information content (AvgIpc) is 2.96. The number of nitrogens with two attached hydrogens (primary N) is 1. The van der Waals surface area contributed by atoms with Gasteiger partial charge >= 0.3 is 5.97 Å². The van der Waals surface area contributed by atoms with E-state index in [1.807, 2.05) is 0 Å². The lowest BCUT2D eigenvalue weighted by molar-refractivity contribution is 0.0594. The fourth-order valence-corrected chi connectivity index (χ4v) is 2.21. The molecule has 0 saturated carbocycles. The number of hydrogen-bond donors (Lipinski definition) is 1. The lowest BCUT2D eigenvalue weighted by Gasteiger charge is -2.31. The van der Waals surface area contributed by atoms with Gasteiger partial charge in [-0.15, -0.1) is 29.1 Å². The zero-order chi connectivity index (χ0) is 15.2. The molecular formula is C13H23IN6O2. The molecule has 2 heterocycles. The van der Waals surface area contributed by atoms with Crippen molar-refractivity contribution in [1.82, 2.24) is 19.9 Å². The Morgan fingerprint density at radius 1 is 1.50 bits per heavy atom. The molecule has 9 heteroatoms. The number of halogens is 1. The number of nitrogens with zero attached hydrogens (tertiary/aromatic N) is 5. The summed E-state index contributed by atoms with van der Waals surface area (Å²) in [7, 11) is 1.31. The number of likely N-dealkylation sites (tertiary alicyclic amines) is 1. The molecular weight excluding hydrogens is 399 g/mol. The van der Waals surface area contributed by atoms with Crippen LogP contribution in [0, 0.1) is 5.92 Å². The van der Waals surface area contributed by atoms with Crippen LogP contribution in [0.5, 0.6) is 0 Å². The molecule has 1 aliphatic rings. The molecule has 2 rings (SSSR count). The Hall–Kier alpha value is -1.39. The summed E-state index contributed by atoms with van der Waals surface area (Å²) in [4.78, 5) is 17.7. The van der Waals surface area contributed by atoms with Crippen LogP contribution in [0.25, 0.3) is 0 Å². The minimum absolute atomic E-state index is 0. The van der Waals surface area contributed by atoms with Crippen molar-refractivity contribution in [1.29, 1.82) is 0 Å². The summed E-state index contributed by atoms with van der Waals surface area (Å²) in [6.07, 6.45) is 3.85. The molecule has 22 heavy (non-hydrogen) atoms. The average molecular weight is 422 g/mol. The van der Waals surface area contributed by atoms with E-state index in [1.165, 1.54) is 7.11 Å². The summed E-state index contributed by atoms with van der Waals surface area (Å²) in [6.45, 7) is 5.21. The normalized spacial score (nSPS) is 16.3. The lowest BCUT2D eigenvalue weighted by atomic mass is 10.00. The van der Waals surface area contributed by atoms with E-state index in [4.69, 9.17) is 5.73 Å². The first-order chi connectivity index (χ1) is 10.1. The van der Waals surface area contributed by atoms with E-state index in [9.17, 15) is 4.79 Å². The standard InChI is InChI=1S/C13H22N6O2.HI/c1-10-3-6-18(7-4-10)13(14)15-5-8-19-9-11(16-17-19)12(20)21-2;/h9-10H,3-8H2,1-2H3,(H2,14,15);1H. The molecule has 0 aromatic carbocycles. The van der Waals surface area contributed by atoms with Crippen LogP contribution in [-0.2, 0) is 11.3 Å². The molecule has 2 N–H and O–H groups in total. The number of aliphatic imine (C=N–C) groups is 1. The first-order valence-corrected chi connectivity index (χ1v) is 7.13. The van der Waals surface area contributed by atoms with E-state index >= 15 is 0 Å². The largest absolute Gasteiger partial charge is 0.464 e. The van der Waals surface area contributed by atoms with Crippen molar-refractivity contribution in [2.75, 3.05) is 26.7 Å². The van der Waals surface area contributed by atoms with Crippen LogP contribution < -0.4 is 5.73 Å². The number of rotatable bonds is 4. The summed E-state index contributed by atoms with van der Waals surface area (Å²) < 4.78 is 6.13. The summed E-state index contributed by atoms with van der Waals surface area (Å²) in [6, 6.07) is 0. The van der Waals surface area contributed by atoms with Crippen molar-refractivity contribution in [2.45, 2.75) is 26.3 Å². The number of guanidine groups is 1. The molecule has 0 unspecified atom stereocenters. The Kier molecular flexibility index (Phi) is 7.56. The quantitative estimate of drug-likeness (QED) is 0.333. The molecule has 0 atom stereocenters. The minimum Gasteiger partial charge on any atom is -0.464 e. The Bertz CT molecular complexity index is 510. The highest BCUT2D eigenvalue weighted by molar-refractivity contribution is 14.0. The zero-order valence-electron chi connectivity index (χ0n) is 12.9. The maximum absolute atomic E-state index is 11.2. The molecule has 1 aromatic heterocycles. The van der Waals surface area contributed by atoms with Gasteiger partial charge < -0.3 is 15.4 Å². The third kappa shape index (κ3) is 5.11. The van der Waals surface area contributed by atoms with E-state index in [0.29, 0.717) is 19.0 Å². The first-order valence-electron chi connectivity index (χ1n) is 7.13.